The van der Waals surface area contributed by atoms with Crippen molar-refractivity contribution < 1.29 is 4.74 Å². The number of rotatable bonds is 5. The van der Waals surface area contributed by atoms with Gasteiger partial charge in [0, 0.05) is 23.7 Å². The van der Waals surface area contributed by atoms with Gasteiger partial charge in [0.25, 0.3) is 0 Å². The van der Waals surface area contributed by atoms with Crippen molar-refractivity contribution in [3.8, 4) is 11.3 Å². The molecule has 1 aliphatic rings. The van der Waals surface area contributed by atoms with Crippen LogP contribution in [0.1, 0.15) is 4.88 Å². The molecule has 3 rings (SSSR count). The molecule has 1 fully saturated rings. The minimum Gasteiger partial charge on any atom is -0.383 e. The fourth-order valence-corrected chi connectivity index (χ4v) is 4.02. The van der Waals surface area contributed by atoms with Crippen LogP contribution in [-0.4, -0.2) is 50.8 Å². The molecular weight excluding hydrogens is 381 g/mol. The summed E-state index contributed by atoms with van der Waals surface area (Å²) in [7, 11) is 1.82. The summed E-state index contributed by atoms with van der Waals surface area (Å²) < 4.78 is 5.42. The van der Waals surface area contributed by atoms with Crippen molar-refractivity contribution in [1.29, 1.82) is 0 Å². The molecule has 0 radical (unpaired) electrons. The number of morpholine rings is 1. The Hall–Kier alpha value is -1.38. The van der Waals surface area contributed by atoms with Crippen molar-refractivity contribution in [1.82, 2.24) is 10.3 Å². The maximum Gasteiger partial charge on any atom is 0.186 e. The first-order chi connectivity index (χ1) is 12.1. The summed E-state index contributed by atoms with van der Waals surface area (Å²) in [5.74, 6) is 0.437. The molecule has 1 saturated heterocycles. The van der Waals surface area contributed by atoms with Gasteiger partial charge in [-0.2, -0.15) is 0 Å². The lowest BCUT2D eigenvalue weighted by Gasteiger charge is -2.26. The van der Waals surface area contributed by atoms with E-state index in [1.165, 1.54) is 11.3 Å². The molecule has 1 aliphatic heterocycles. The molecular formula is C16H19Cl2N5OS. The van der Waals surface area contributed by atoms with Gasteiger partial charge in [-0.25, -0.2) is 4.98 Å². The average Bonchev–Trinajstić information content (AvgIpc) is 3.05. The Morgan fingerprint density at radius 1 is 1.40 bits per heavy atom. The number of anilines is 1. The number of ether oxygens (including phenoxy) is 1. The van der Waals surface area contributed by atoms with Crippen molar-refractivity contribution in [3.63, 3.8) is 0 Å². The summed E-state index contributed by atoms with van der Waals surface area (Å²) in [4.78, 5) is 12.1. The van der Waals surface area contributed by atoms with Crippen LogP contribution in [-0.2, 0) is 4.74 Å². The molecule has 2 aromatic rings. The van der Waals surface area contributed by atoms with Gasteiger partial charge >= 0.3 is 0 Å². The molecule has 0 amide bonds. The van der Waals surface area contributed by atoms with Crippen molar-refractivity contribution in [3.05, 3.63) is 33.1 Å². The number of benzene rings is 1. The van der Waals surface area contributed by atoms with Crippen molar-refractivity contribution in [2.75, 3.05) is 44.9 Å². The number of amidine groups is 1. The van der Waals surface area contributed by atoms with Gasteiger partial charge in [-0.05, 0) is 25.2 Å². The normalized spacial score (nSPS) is 15.6. The zero-order chi connectivity index (χ0) is 17.8. The van der Waals surface area contributed by atoms with Crippen LogP contribution in [0.2, 0.25) is 10.0 Å². The number of aromatic nitrogens is 1. The number of thiazole rings is 1. The number of nitrogens with zero attached hydrogens (tertiary/aromatic N) is 3. The first kappa shape index (κ1) is 18.4. The predicted octanol–water partition coefficient (Wildman–Crippen LogP) is 2.84. The quantitative estimate of drug-likeness (QED) is 0.596. The third-order valence-electron chi connectivity index (χ3n) is 3.72. The highest BCUT2D eigenvalue weighted by molar-refractivity contribution is 7.18. The molecule has 6 nitrogen and oxygen atoms in total. The van der Waals surface area contributed by atoms with Crippen LogP contribution in [0.25, 0.3) is 11.3 Å². The Morgan fingerprint density at radius 3 is 2.84 bits per heavy atom. The Kier molecular flexibility index (Phi) is 6.14. The Morgan fingerprint density at radius 2 is 2.16 bits per heavy atom. The molecule has 9 heteroatoms. The van der Waals surface area contributed by atoms with E-state index in [-0.39, 0.29) is 0 Å². The zero-order valence-corrected chi connectivity index (χ0v) is 16.1. The highest BCUT2D eigenvalue weighted by Crippen LogP contribution is 2.37. The highest BCUT2D eigenvalue weighted by Gasteiger charge is 2.22. The largest absolute Gasteiger partial charge is 0.383 e. The lowest BCUT2D eigenvalue weighted by Crippen LogP contribution is -2.36. The number of halogens is 2. The Bertz CT molecular complexity index is 774. The molecule has 0 saturated carbocycles. The van der Waals surface area contributed by atoms with Gasteiger partial charge in [0.05, 0.1) is 35.5 Å². The summed E-state index contributed by atoms with van der Waals surface area (Å²) in [6, 6.07) is 5.36. The van der Waals surface area contributed by atoms with E-state index in [4.69, 9.17) is 38.7 Å². The van der Waals surface area contributed by atoms with Crippen LogP contribution in [0.15, 0.2) is 23.2 Å². The monoisotopic (exact) mass is 399 g/mol. The molecule has 134 valence electrons. The zero-order valence-electron chi connectivity index (χ0n) is 13.8. The first-order valence-electron chi connectivity index (χ1n) is 7.84. The summed E-state index contributed by atoms with van der Waals surface area (Å²) in [5.41, 5.74) is 7.73. The van der Waals surface area contributed by atoms with E-state index in [0.29, 0.717) is 35.8 Å². The summed E-state index contributed by atoms with van der Waals surface area (Å²) in [6.07, 6.45) is 0. The van der Waals surface area contributed by atoms with Gasteiger partial charge in [-0.1, -0.05) is 34.5 Å². The van der Waals surface area contributed by atoms with Gasteiger partial charge in [0.2, 0.25) is 0 Å². The van der Waals surface area contributed by atoms with E-state index in [9.17, 15) is 0 Å². The molecule has 1 aromatic carbocycles. The van der Waals surface area contributed by atoms with Crippen LogP contribution < -0.4 is 16.0 Å². The van der Waals surface area contributed by atoms with Gasteiger partial charge < -0.3 is 20.7 Å². The predicted molar refractivity (Wildman–Crippen MR) is 105 cm³/mol. The fourth-order valence-electron chi connectivity index (χ4n) is 2.47. The molecule has 25 heavy (non-hydrogen) atoms. The molecule has 0 aliphatic carbocycles. The van der Waals surface area contributed by atoms with E-state index >= 15 is 0 Å². The average molecular weight is 400 g/mol. The van der Waals surface area contributed by atoms with E-state index in [2.05, 4.69) is 15.2 Å². The van der Waals surface area contributed by atoms with Crippen LogP contribution in [0.4, 0.5) is 5.13 Å². The minimum atomic E-state index is 0.435. The van der Waals surface area contributed by atoms with Crippen LogP contribution >= 0.6 is 34.5 Å². The van der Waals surface area contributed by atoms with Gasteiger partial charge in [-0.15, -0.1) is 0 Å². The van der Waals surface area contributed by atoms with E-state index in [1.54, 1.807) is 12.1 Å². The van der Waals surface area contributed by atoms with Crippen LogP contribution in [0, 0.1) is 0 Å². The minimum absolute atomic E-state index is 0.435. The maximum absolute atomic E-state index is 6.39. The van der Waals surface area contributed by atoms with E-state index in [0.717, 1.165) is 34.4 Å². The molecule has 0 atom stereocenters. The SMILES string of the molecule is CNC/N=C(\N)c1sc(N2CCOCC2)nc1-c1ccc(Cl)cc1Cl. The molecule has 1 aromatic heterocycles. The lowest BCUT2D eigenvalue weighted by molar-refractivity contribution is 0.122. The third-order valence-corrected chi connectivity index (χ3v) is 5.41. The molecule has 3 N–H and O–H groups in total. The number of aliphatic imine (C=N–C) groups is 1. The smallest absolute Gasteiger partial charge is 0.186 e. The number of hydrogen-bond donors (Lipinski definition) is 2. The third kappa shape index (κ3) is 4.24. The standard InChI is InChI=1S/C16H19Cl2N5OS/c1-20-9-21-15(19)14-13(11-3-2-10(17)8-12(11)18)22-16(25-14)23-4-6-24-7-5-23/h2-3,8,20H,4-7,9H2,1H3,(H2,19,21). The van der Waals surface area contributed by atoms with Crippen LogP contribution in [0.3, 0.4) is 0 Å². The lowest BCUT2D eigenvalue weighted by atomic mass is 10.1. The summed E-state index contributed by atoms with van der Waals surface area (Å²) >= 11 is 13.9. The topological polar surface area (TPSA) is 75.8 Å². The van der Waals surface area contributed by atoms with Crippen molar-refractivity contribution >= 4 is 45.5 Å². The Balaban J connectivity index is 2.06. The fraction of sp³-hybridized carbons (Fsp3) is 0.375. The van der Waals surface area contributed by atoms with E-state index in [1.807, 2.05) is 13.1 Å². The second-order valence-corrected chi connectivity index (χ2v) is 7.27. The second-order valence-electron chi connectivity index (χ2n) is 5.45. The number of nitrogens with one attached hydrogen (secondary N) is 1. The number of nitrogens with two attached hydrogens (primary N) is 1. The molecule has 2 heterocycles. The van der Waals surface area contributed by atoms with E-state index < -0.39 is 0 Å². The number of hydrogen-bond acceptors (Lipinski definition) is 6. The Labute approximate surface area is 160 Å². The first-order valence-corrected chi connectivity index (χ1v) is 9.41. The van der Waals surface area contributed by atoms with Crippen LogP contribution in [0.5, 0.6) is 0 Å². The second kappa shape index (κ2) is 8.33. The summed E-state index contributed by atoms with van der Waals surface area (Å²) in [5, 5.41) is 4.97. The maximum atomic E-state index is 6.39. The molecule has 0 bridgehead atoms. The highest BCUT2D eigenvalue weighted by atomic mass is 35.5. The van der Waals surface area contributed by atoms with Gasteiger partial charge in [0.15, 0.2) is 5.13 Å². The molecule has 0 spiro atoms. The van der Waals surface area contributed by atoms with Crippen molar-refractivity contribution in [2.24, 2.45) is 10.7 Å². The molecule has 0 unspecified atom stereocenters. The van der Waals surface area contributed by atoms with Gasteiger partial charge in [-0.3, -0.25) is 4.99 Å². The summed E-state index contributed by atoms with van der Waals surface area (Å²) in [6.45, 7) is 3.41. The van der Waals surface area contributed by atoms with Gasteiger partial charge in [0.1, 0.15) is 5.84 Å². The van der Waals surface area contributed by atoms with Crippen molar-refractivity contribution in [2.45, 2.75) is 0 Å².